The zero-order valence-electron chi connectivity index (χ0n) is 11.2. The van der Waals surface area contributed by atoms with Crippen LogP contribution in [0.2, 0.25) is 0 Å². The zero-order chi connectivity index (χ0) is 13.0. The Morgan fingerprint density at radius 3 is 2.61 bits per heavy atom. The summed E-state index contributed by atoms with van der Waals surface area (Å²) in [4.78, 5) is 13.9. The van der Waals surface area contributed by atoms with Gasteiger partial charge in [-0.2, -0.15) is 0 Å². The lowest BCUT2D eigenvalue weighted by molar-refractivity contribution is 0.311. The normalized spacial score (nSPS) is 17.2. The summed E-state index contributed by atoms with van der Waals surface area (Å²) in [5.41, 5.74) is 2.41. The predicted molar refractivity (Wildman–Crippen MR) is 78.4 cm³/mol. The fraction of sp³-hybridized carbons (Fsp3) is 0.692. The summed E-state index contributed by atoms with van der Waals surface area (Å²) in [7, 11) is 2.16. The number of aromatic nitrogens is 2. The van der Waals surface area contributed by atoms with Gasteiger partial charge in [0.1, 0.15) is 0 Å². The quantitative estimate of drug-likeness (QED) is 0.797. The van der Waals surface area contributed by atoms with Crippen molar-refractivity contribution in [3.63, 3.8) is 0 Å². The molecule has 0 bridgehead atoms. The van der Waals surface area contributed by atoms with Crippen molar-refractivity contribution in [3.05, 3.63) is 17.5 Å². The van der Waals surface area contributed by atoms with Crippen LogP contribution in [0.1, 0.15) is 24.6 Å². The molecule has 1 aromatic rings. The molecule has 0 atom stereocenters. The van der Waals surface area contributed by atoms with Gasteiger partial charge in [-0.15, -0.1) is 0 Å². The Kier molecular flexibility index (Phi) is 4.95. The maximum absolute atomic E-state index is 4.75. The van der Waals surface area contributed by atoms with E-state index in [1.54, 1.807) is 0 Å². The van der Waals surface area contributed by atoms with Gasteiger partial charge in [0.25, 0.3) is 0 Å². The van der Waals surface area contributed by atoms with Gasteiger partial charge in [-0.3, -0.25) is 0 Å². The van der Waals surface area contributed by atoms with Crippen LogP contribution < -0.4 is 4.90 Å². The molecule has 0 aromatic carbocycles. The summed E-state index contributed by atoms with van der Waals surface area (Å²) in [5, 5.41) is 0.839. The van der Waals surface area contributed by atoms with Crippen LogP contribution in [0, 0.1) is 0 Å². The summed E-state index contributed by atoms with van der Waals surface area (Å²) < 4.78 is 0. The van der Waals surface area contributed by atoms with Crippen molar-refractivity contribution in [2.24, 2.45) is 0 Å². The Balaban J connectivity index is 2.15. The Hall–Kier alpha value is -0.680. The second-order valence-electron chi connectivity index (χ2n) is 4.82. The van der Waals surface area contributed by atoms with Gasteiger partial charge >= 0.3 is 0 Å². The van der Waals surface area contributed by atoms with Gasteiger partial charge in [0.2, 0.25) is 5.95 Å². The van der Waals surface area contributed by atoms with Gasteiger partial charge in [0.05, 0.1) is 0 Å². The summed E-state index contributed by atoms with van der Waals surface area (Å²) >= 11 is 3.51. The maximum atomic E-state index is 4.75. The number of piperazine rings is 1. The molecule has 0 radical (unpaired) electrons. The number of hydrogen-bond donors (Lipinski definition) is 0. The molecule has 5 heteroatoms. The van der Waals surface area contributed by atoms with Crippen LogP contribution in [-0.4, -0.2) is 48.1 Å². The van der Waals surface area contributed by atoms with Gasteiger partial charge in [0.15, 0.2) is 0 Å². The van der Waals surface area contributed by atoms with E-state index >= 15 is 0 Å². The van der Waals surface area contributed by atoms with Crippen molar-refractivity contribution in [2.75, 3.05) is 38.1 Å². The summed E-state index contributed by atoms with van der Waals surface area (Å²) in [5.74, 6) is 0.899. The SMILES string of the molecule is CCCc1nc(N2CCN(C)CC2)ncc1CBr. The number of alkyl halides is 1. The molecule has 1 aliphatic heterocycles. The molecule has 18 heavy (non-hydrogen) atoms. The van der Waals surface area contributed by atoms with Crippen LogP contribution in [0.5, 0.6) is 0 Å². The summed E-state index contributed by atoms with van der Waals surface area (Å²) in [6.45, 7) is 6.42. The van der Waals surface area contributed by atoms with E-state index in [2.05, 4.69) is 44.7 Å². The standard InChI is InChI=1S/C13H21BrN4/c1-3-4-12-11(9-14)10-15-13(16-12)18-7-5-17(2)6-8-18/h10H,3-9H2,1-2H3. The first-order valence-electron chi connectivity index (χ1n) is 6.58. The molecule has 2 rings (SSSR count). The highest BCUT2D eigenvalue weighted by Crippen LogP contribution is 2.17. The number of likely N-dealkylation sites (N-methyl/N-ethyl adjacent to an activating group) is 1. The van der Waals surface area contributed by atoms with Gasteiger partial charge < -0.3 is 9.80 Å². The van der Waals surface area contributed by atoms with Crippen LogP contribution in [-0.2, 0) is 11.8 Å². The molecule has 2 heterocycles. The number of nitrogens with zero attached hydrogens (tertiary/aromatic N) is 4. The Labute approximate surface area is 118 Å². The third kappa shape index (κ3) is 3.20. The topological polar surface area (TPSA) is 32.3 Å². The van der Waals surface area contributed by atoms with Gasteiger partial charge in [-0.05, 0) is 13.5 Å². The van der Waals surface area contributed by atoms with Crippen LogP contribution in [0.15, 0.2) is 6.20 Å². The van der Waals surface area contributed by atoms with Crippen molar-refractivity contribution in [1.29, 1.82) is 0 Å². The molecular formula is C13H21BrN4. The average molecular weight is 313 g/mol. The van der Waals surface area contributed by atoms with Crippen molar-refractivity contribution in [3.8, 4) is 0 Å². The van der Waals surface area contributed by atoms with Gasteiger partial charge in [-0.1, -0.05) is 29.3 Å². The Morgan fingerprint density at radius 1 is 1.28 bits per heavy atom. The van der Waals surface area contributed by atoms with E-state index in [0.717, 1.165) is 50.3 Å². The van der Waals surface area contributed by atoms with E-state index < -0.39 is 0 Å². The Morgan fingerprint density at radius 2 is 2.00 bits per heavy atom. The highest BCUT2D eigenvalue weighted by Gasteiger charge is 2.17. The second-order valence-corrected chi connectivity index (χ2v) is 5.38. The number of rotatable bonds is 4. The first kappa shape index (κ1) is 13.7. The fourth-order valence-corrected chi connectivity index (χ4v) is 2.62. The van der Waals surface area contributed by atoms with Crippen molar-refractivity contribution in [2.45, 2.75) is 25.1 Å². The second kappa shape index (κ2) is 6.48. The Bertz CT molecular complexity index is 389. The molecule has 0 spiro atoms. The number of halogens is 1. The van der Waals surface area contributed by atoms with E-state index in [1.165, 1.54) is 11.3 Å². The zero-order valence-corrected chi connectivity index (χ0v) is 12.8. The highest BCUT2D eigenvalue weighted by molar-refractivity contribution is 9.08. The molecule has 0 N–H and O–H groups in total. The molecule has 1 fully saturated rings. The van der Waals surface area contributed by atoms with E-state index in [1.807, 2.05) is 6.20 Å². The smallest absolute Gasteiger partial charge is 0.225 e. The fourth-order valence-electron chi connectivity index (χ4n) is 2.16. The van der Waals surface area contributed by atoms with E-state index in [9.17, 15) is 0 Å². The number of aryl methyl sites for hydroxylation is 1. The predicted octanol–water partition coefficient (Wildman–Crippen LogP) is 2.08. The molecule has 1 saturated heterocycles. The molecule has 0 amide bonds. The van der Waals surface area contributed by atoms with E-state index in [-0.39, 0.29) is 0 Å². The monoisotopic (exact) mass is 312 g/mol. The first-order valence-corrected chi connectivity index (χ1v) is 7.71. The minimum absolute atomic E-state index is 0.839. The summed E-state index contributed by atoms with van der Waals surface area (Å²) in [6, 6.07) is 0. The minimum Gasteiger partial charge on any atom is -0.338 e. The first-order chi connectivity index (χ1) is 8.74. The van der Waals surface area contributed by atoms with Crippen LogP contribution in [0.4, 0.5) is 5.95 Å². The van der Waals surface area contributed by atoms with E-state index in [4.69, 9.17) is 4.98 Å². The molecule has 1 aliphatic rings. The number of anilines is 1. The molecule has 0 unspecified atom stereocenters. The van der Waals surface area contributed by atoms with Crippen molar-refractivity contribution >= 4 is 21.9 Å². The van der Waals surface area contributed by atoms with Gasteiger partial charge in [0, 0.05) is 49.0 Å². The molecule has 0 aliphatic carbocycles. The van der Waals surface area contributed by atoms with E-state index in [0.29, 0.717) is 0 Å². The third-order valence-corrected chi connectivity index (χ3v) is 3.96. The molecule has 0 saturated carbocycles. The summed E-state index contributed by atoms with van der Waals surface area (Å²) in [6.07, 6.45) is 4.13. The lowest BCUT2D eigenvalue weighted by Gasteiger charge is -2.32. The molecule has 100 valence electrons. The largest absolute Gasteiger partial charge is 0.338 e. The van der Waals surface area contributed by atoms with Crippen molar-refractivity contribution < 1.29 is 0 Å². The van der Waals surface area contributed by atoms with Crippen LogP contribution in [0.25, 0.3) is 0 Å². The van der Waals surface area contributed by atoms with Gasteiger partial charge in [-0.25, -0.2) is 9.97 Å². The lowest BCUT2D eigenvalue weighted by Crippen LogP contribution is -2.45. The maximum Gasteiger partial charge on any atom is 0.225 e. The molecule has 4 nitrogen and oxygen atoms in total. The van der Waals surface area contributed by atoms with Crippen LogP contribution in [0.3, 0.4) is 0 Å². The highest BCUT2D eigenvalue weighted by atomic mass is 79.9. The number of hydrogen-bond acceptors (Lipinski definition) is 4. The molecule has 1 aromatic heterocycles. The minimum atomic E-state index is 0.839. The van der Waals surface area contributed by atoms with Crippen molar-refractivity contribution in [1.82, 2.24) is 14.9 Å². The third-order valence-electron chi connectivity index (χ3n) is 3.36. The lowest BCUT2D eigenvalue weighted by atomic mass is 10.2. The van der Waals surface area contributed by atoms with Crippen LogP contribution >= 0.6 is 15.9 Å². The average Bonchev–Trinajstić information content (AvgIpc) is 2.40. The molecular weight excluding hydrogens is 292 g/mol.